The molecule has 49 heavy (non-hydrogen) atoms. The fourth-order valence-corrected chi connectivity index (χ4v) is 6.90. The molecule has 0 bridgehead atoms. The number of fused-ring (bicyclic) bond motifs is 1. The number of aliphatic hydroxyl groups excluding tert-OH is 1. The van der Waals surface area contributed by atoms with E-state index in [0.29, 0.717) is 65.4 Å². The van der Waals surface area contributed by atoms with Gasteiger partial charge < -0.3 is 20.5 Å². The molecule has 1 aliphatic rings. The van der Waals surface area contributed by atoms with Crippen LogP contribution in [0.1, 0.15) is 30.9 Å². The third-order valence-electron chi connectivity index (χ3n) is 8.60. The number of carbonyl (C=O) groups excluding carboxylic acids is 1. The van der Waals surface area contributed by atoms with E-state index in [0.717, 1.165) is 39.8 Å². The second kappa shape index (κ2) is 15.1. The number of rotatable bonds is 12. The van der Waals surface area contributed by atoms with Crippen LogP contribution in [0.2, 0.25) is 10.0 Å². The van der Waals surface area contributed by atoms with Crippen molar-refractivity contribution in [3.63, 3.8) is 0 Å². The number of aromatic nitrogens is 3. The van der Waals surface area contributed by atoms with Gasteiger partial charge in [-0.1, -0.05) is 65.7 Å². The quantitative estimate of drug-likeness (QED) is 0.154. The number of hydrogen-bond acceptors (Lipinski definition) is 8. The molecule has 0 spiro atoms. The Morgan fingerprint density at radius 2 is 1.76 bits per heavy atom. The molecule has 12 heteroatoms. The van der Waals surface area contributed by atoms with Gasteiger partial charge in [-0.25, -0.2) is 9.97 Å². The molecule has 1 fully saturated rings. The number of nitrogens with one attached hydrogen (secondary N) is 2. The number of likely N-dealkylation sites (N-methyl/N-ethyl adjacent to an activating group) is 1. The maximum atomic E-state index is 13.2. The monoisotopic (exact) mass is 700 g/mol. The van der Waals surface area contributed by atoms with Crippen molar-refractivity contribution in [2.45, 2.75) is 45.0 Å². The van der Waals surface area contributed by atoms with E-state index >= 15 is 0 Å². The number of benzene rings is 2. The average Bonchev–Trinajstić information content (AvgIpc) is 3.50. The van der Waals surface area contributed by atoms with E-state index in [-0.39, 0.29) is 17.5 Å². The van der Waals surface area contributed by atoms with Crippen LogP contribution in [0.15, 0.2) is 77.9 Å². The Bertz CT molecular complexity index is 2070. The lowest BCUT2D eigenvalue weighted by Crippen LogP contribution is -2.35. The standard InChI is InChI=1S/C37H38Cl2N6O4/c1-22(46)20-44(2)21-25-18-41-32-16-23(14-15-45(32)37(25)48)27-6-4-7-28(34(27)38)29-8-5-9-30(35(29)39)31-12-10-24(36(43-31)49-3)17-40-19-26-11-13-33(47)42-26/h4-10,12,14-16,18,22,26,40,46H,11,13,17,19-21H2,1-3H3,(H,42,47)/t22-,26-/m0/s1. The number of ether oxygens (including phenoxy) is 1. The highest BCUT2D eigenvalue weighted by Crippen LogP contribution is 2.42. The number of nitrogens with zero attached hydrogens (tertiary/aromatic N) is 4. The molecule has 1 saturated heterocycles. The third kappa shape index (κ3) is 7.64. The molecule has 254 valence electrons. The molecule has 2 aromatic carbocycles. The van der Waals surface area contributed by atoms with Crippen molar-refractivity contribution in [1.82, 2.24) is 29.9 Å². The number of halogens is 2. The minimum Gasteiger partial charge on any atom is -0.481 e. The van der Waals surface area contributed by atoms with E-state index in [9.17, 15) is 14.7 Å². The van der Waals surface area contributed by atoms with Gasteiger partial charge in [0.05, 0.1) is 34.5 Å². The van der Waals surface area contributed by atoms with Crippen LogP contribution in [-0.4, -0.2) is 69.7 Å². The van der Waals surface area contributed by atoms with Crippen LogP contribution in [-0.2, 0) is 17.9 Å². The molecular formula is C37H38Cl2N6O4. The van der Waals surface area contributed by atoms with Crippen molar-refractivity contribution in [3.05, 3.63) is 105 Å². The summed E-state index contributed by atoms with van der Waals surface area (Å²) in [5.41, 5.74) is 6.23. The summed E-state index contributed by atoms with van der Waals surface area (Å²) in [6.07, 6.45) is 4.19. The Balaban J connectivity index is 1.26. The number of hydrogen-bond donors (Lipinski definition) is 3. The molecule has 0 aliphatic carbocycles. The molecule has 10 nitrogen and oxygen atoms in total. The molecular weight excluding hydrogens is 663 g/mol. The third-order valence-corrected chi connectivity index (χ3v) is 9.41. The Morgan fingerprint density at radius 1 is 1.04 bits per heavy atom. The van der Waals surface area contributed by atoms with Crippen molar-refractivity contribution in [2.24, 2.45) is 0 Å². The zero-order valence-electron chi connectivity index (χ0n) is 27.5. The van der Waals surface area contributed by atoms with Crippen LogP contribution in [0.4, 0.5) is 0 Å². The summed E-state index contributed by atoms with van der Waals surface area (Å²) in [6, 6.07) is 19.2. The molecule has 4 heterocycles. The SMILES string of the molecule is COc1nc(-c2cccc(-c3cccc(-c4ccn5c(=O)c(CN(C)C[C@H](C)O)cnc5c4)c3Cl)c2Cl)ccc1CNC[C@@H]1CCC(=O)N1. The van der Waals surface area contributed by atoms with Crippen molar-refractivity contribution >= 4 is 34.8 Å². The second-order valence-corrected chi connectivity index (χ2v) is 13.2. The Kier molecular flexibility index (Phi) is 10.6. The molecule has 6 rings (SSSR count). The van der Waals surface area contributed by atoms with Gasteiger partial charge in [0, 0.05) is 78.9 Å². The zero-order valence-corrected chi connectivity index (χ0v) is 29.1. The molecule has 3 aromatic heterocycles. The molecule has 3 N–H and O–H groups in total. The maximum absolute atomic E-state index is 13.2. The van der Waals surface area contributed by atoms with Crippen molar-refractivity contribution in [1.29, 1.82) is 0 Å². The lowest BCUT2D eigenvalue weighted by molar-refractivity contribution is -0.119. The normalized spacial score (nSPS) is 15.2. The van der Waals surface area contributed by atoms with E-state index in [1.54, 1.807) is 26.4 Å². The predicted molar refractivity (Wildman–Crippen MR) is 193 cm³/mol. The van der Waals surface area contributed by atoms with Crippen LogP contribution in [0.25, 0.3) is 39.2 Å². The van der Waals surface area contributed by atoms with Crippen LogP contribution in [0, 0.1) is 0 Å². The van der Waals surface area contributed by atoms with Gasteiger partial charge in [0.1, 0.15) is 5.65 Å². The minimum absolute atomic E-state index is 0.0929. The Labute approximate surface area is 294 Å². The summed E-state index contributed by atoms with van der Waals surface area (Å²) in [5, 5.41) is 17.0. The summed E-state index contributed by atoms with van der Waals surface area (Å²) in [5.74, 6) is 0.584. The summed E-state index contributed by atoms with van der Waals surface area (Å²) in [6.45, 7) is 3.75. The minimum atomic E-state index is -0.499. The second-order valence-electron chi connectivity index (χ2n) is 12.4. The Morgan fingerprint density at radius 3 is 2.45 bits per heavy atom. The van der Waals surface area contributed by atoms with Gasteiger partial charge in [-0.15, -0.1) is 0 Å². The number of aliphatic hydroxyl groups is 1. The molecule has 0 saturated carbocycles. The first kappa shape index (κ1) is 34.5. The van der Waals surface area contributed by atoms with Gasteiger partial charge in [-0.2, -0.15) is 0 Å². The zero-order chi connectivity index (χ0) is 34.7. The maximum Gasteiger partial charge on any atom is 0.262 e. The molecule has 5 aromatic rings. The van der Waals surface area contributed by atoms with Crippen molar-refractivity contribution in [3.8, 4) is 39.4 Å². The lowest BCUT2D eigenvalue weighted by atomic mass is 9.97. The largest absolute Gasteiger partial charge is 0.481 e. The van der Waals surface area contributed by atoms with Crippen LogP contribution >= 0.6 is 23.2 Å². The molecule has 2 atom stereocenters. The van der Waals surface area contributed by atoms with Gasteiger partial charge in [0.25, 0.3) is 5.56 Å². The first-order valence-electron chi connectivity index (χ1n) is 16.1. The van der Waals surface area contributed by atoms with Crippen LogP contribution in [0.3, 0.4) is 0 Å². The number of amides is 1. The lowest BCUT2D eigenvalue weighted by Gasteiger charge is -2.18. The summed E-state index contributed by atoms with van der Waals surface area (Å²) in [7, 11) is 3.44. The number of carbonyl (C=O) groups is 1. The predicted octanol–water partition coefficient (Wildman–Crippen LogP) is 5.59. The van der Waals surface area contributed by atoms with Crippen molar-refractivity contribution in [2.75, 3.05) is 27.2 Å². The smallest absolute Gasteiger partial charge is 0.262 e. The fourth-order valence-electron chi connectivity index (χ4n) is 6.24. The highest BCUT2D eigenvalue weighted by molar-refractivity contribution is 6.39. The molecule has 0 unspecified atom stereocenters. The summed E-state index contributed by atoms with van der Waals surface area (Å²) < 4.78 is 7.16. The van der Waals surface area contributed by atoms with Crippen LogP contribution < -0.4 is 20.9 Å². The highest BCUT2D eigenvalue weighted by atomic mass is 35.5. The number of pyridine rings is 2. The van der Waals surface area contributed by atoms with E-state index in [4.69, 9.17) is 32.9 Å². The van der Waals surface area contributed by atoms with Crippen molar-refractivity contribution < 1.29 is 14.6 Å². The number of methoxy groups -OCH3 is 1. The van der Waals surface area contributed by atoms with E-state index in [1.807, 2.05) is 72.6 Å². The van der Waals surface area contributed by atoms with Gasteiger partial charge in [-0.05, 0) is 44.2 Å². The highest BCUT2D eigenvalue weighted by Gasteiger charge is 2.21. The first-order chi connectivity index (χ1) is 23.6. The van der Waals surface area contributed by atoms with Crippen LogP contribution in [0.5, 0.6) is 5.88 Å². The summed E-state index contributed by atoms with van der Waals surface area (Å²) in [4.78, 5) is 35.9. The molecule has 1 aliphatic heterocycles. The topological polar surface area (TPSA) is 121 Å². The van der Waals surface area contributed by atoms with Gasteiger partial charge in [0.2, 0.25) is 11.8 Å². The average molecular weight is 702 g/mol. The Hall–Kier alpha value is -4.32. The van der Waals surface area contributed by atoms with E-state index in [2.05, 4.69) is 15.6 Å². The first-order valence-corrected chi connectivity index (χ1v) is 16.9. The van der Waals surface area contributed by atoms with Gasteiger partial charge in [0.15, 0.2) is 0 Å². The van der Waals surface area contributed by atoms with Gasteiger partial charge in [-0.3, -0.25) is 18.9 Å². The fraction of sp³-hybridized carbons (Fsp3) is 0.297. The molecule has 1 amide bonds. The summed E-state index contributed by atoms with van der Waals surface area (Å²) >= 11 is 14.2. The molecule has 0 radical (unpaired) electrons. The van der Waals surface area contributed by atoms with Gasteiger partial charge >= 0.3 is 0 Å². The van der Waals surface area contributed by atoms with E-state index in [1.165, 1.54) is 4.40 Å². The van der Waals surface area contributed by atoms with E-state index < -0.39 is 6.10 Å².